The van der Waals surface area contributed by atoms with E-state index in [4.69, 9.17) is 23.2 Å². The van der Waals surface area contributed by atoms with Gasteiger partial charge in [0.2, 0.25) is 0 Å². The van der Waals surface area contributed by atoms with E-state index in [0.29, 0.717) is 16.5 Å². The second-order valence-corrected chi connectivity index (χ2v) is 5.24. The van der Waals surface area contributed by atoms with Crippen molar-refractivity contribution in [3.8, 4) is 0 Å². The van der Waals surface area contributed by atoms with E-state index in [1.54, 1.807) is 6.07 Å². The van der Waals surface area contributed by atoms with E-state index < -0.39 is 0 Å². The fraction of sp³-hybridized carbons (Fsp3) is 0.286. The van der Waals surface area contributed by atoms with Crippen LogP contribution < -0.4 is 5.32 Å². The van der Waals surface area contributed by atoms with E-state index in [1.807, 2.05) is 38.5 Å². The van der Waals surface area contributed by atoms with Crippen LogP contribution in [-0.2, 0) is 6.42 Å². The van der Waals surface area contributed by atoms with Gasteiger partial charge in [-0.15, -0.1) is 0 Å². The van der Waals surface area contributed by atoms with Gasteiger partial charge in [-0.2, -0.15) is 0 Å². The van der Waals surface area contributed by atoms with Crippen LogP contribution in [0, 0.1) is 6.92 Å². The average Bonchev–Trinajstić information content (AvgIpc) is 2.41. The minimum absolute atomic E-state index is 0.0107. The van der Waals surface area contributed by atoms with Gasteiger partial charge in [0.25, 0.3) is 0 Å². The average molecular weight is 296 g/mol. The zero-order valence-electron chi connectivity index (χ0n) is 10.8. The third-order valence-electron chi connectivity index (χ3n) is 2.89. The molecule has 1 heterocycles. The Morgan fingerprint density at radius 1 is 1.21 bits per heavy atom. The topological polar surface area (TPSA) is 37.8 Å². The maximum atomic E-state index is 6.18. The summed E-state index contributed by atoms with van der Waals surface area (Å²) in [5, 5.41) is 4.59. The smallest absolute Gasteiger partial charge is 0.145 e. The fourth-order valence-corrected chi connectivity index (χ4v) is 2.21. The van der Waals surface area contributed by atoms with Crippen molar-refractivity contribution in [2.24, 2.45) is 0 Å². The first-order valence-corrected chi connectivity index (χ1v) is 6.75. The van der Waals surface area contributed by atoms with Crippen molar-refractivity contribution < 1.29 is 0 Å². The van der Waals surface area contributed by atoms with E-state index in [2.05, 4.69) is 15.3 Å². The predicted octanol–water partition coefficient (Wildman–Crippen LogP) is 3.60. The van der Waals surface area contributed by atoms with Crippen molar-refractivity contribution in [2.75, 3.05) is 7.05 Å². The SMILES string of the molecule is CNC(Cc1cc(Cl)ccc1Cl)c1ncc(C)cn1. The summed E-state index contributed by atoms with van der Waals surface area (Å²) in [5.41, 5.74) is 2.03. The second kappa shape index (κ2) is 6.33. The van der Waals surface area contributed by atoms with E-state index in [-0.39, 0.29) is 6.04 Å². The molecule has 0 bridgehead atoms. The number of likely N-dealkylation sites (N-methyl/N-ethyl adjacent to an activating group) is 1. The summed E-state index contributed by atoms with van der Waals surface area (Å²) in [5.74, 6) is 0.754. The third kappa shape index (κ3) is 3.66. The van der Waals surface area contributed by atoms with Crippen molar-refractivity contribution in [2.45, 2.75) is 19.4 Å². The van der Waals surface area contributed by atoms with Crippen molar-refractivity contribution in [3.63, 3.8) is 0 Å². The Bertz CT molecular complexity index is 555. The summed E-state index contributed by atoms with van der Waals surface area (Å²) in [4.78, 5) is 8.70. The minimum atomic E-state index is 0.0107. The van der Waals surface area contributed by atoms with Gasteiger partial charge in [-0.25, -0.2) is 9.97 Å². The van der Waals surface area contributed by atoms with Crippen LogP contribution in [0.15, 0.2) is 30.6 Å². The number of aromatic nitrogens is 2. The number of benzene rings is 1. The Hall–Kier alpha value is -1.16. The molecule has 1 aromatic heterocycles. The lowest BCUT2D eigenvalue weighted by atomic mass is 10.1. The zero-order chi connectivity index (χ0) is 13.8. The van der Waals surface area contributed by atoms with Crippen molar-refractivity contribution in [3.05, 3.63) is 57.6 Å². The van der Waals surface area contributed by atoms with Crippen LogP contribution in [0.1, 0.15) is 23.0 Å². The molecule has 1 atom stereocenters. The predicted molar refractivity (Wildman–Crippen MR) is 78.7 cm³/mol. The molecule has 3 nitrogen and oxygen atoms in total. The maximum Gasteiger partial charge on any atom is 0.145 e. The van der Waals surface area contributed by atoms with Crippen LogP contribution >= 0.6 is 23.2 Å². The van der Waals surface area contributed by atoms with E-state index in [0.717, 1.165) is 17.0 Å². The third-order valence-corrected chi connectivity index (χ3v) is 3.50. The molecule has 1 aromatic carbocycles. The maximum absolute atomic E-state index is 6.18. The highest BCUT2D eigenvalue weighted by Gasteiger charge is 2.15. The quantitative estimate of drug-likeness (QED) is 0.937. The van der Waals surface area contributed by atoms with Gasteiger partial charge in [0.1, 0.15) is 5.82 Å². The summed E-state index contributed by atoms with van der Waals surface area (Å²) in [6.07, 6.45) is 4.32. The van der Waals surface area contributed by atoms with Gasteiger partial charge in [-0.05, 0) is 49.7 Å². The molecule has 0 spiro atoms. The number of halogens is 2. The van der Waals surface area contributed by atoms with Crippen molar-refractivity contribution >= 4 is 23.2 Å². The lowest BCUT2D eigenvalue weighted by Gasteiger charge is -2.15. The molecule has 0 saturated heterocycles. The number of rotatable bonds is 4. The van der Waals surface area contributed by atoms with Crippen molar-refractivity contribution in [1.29, 1.82) is 0 Å². The molecule has 5 heteroatoms. The minimum Gasteiger partial charge on any atom is -0.310 e. The van der Waals surface area contributed by atoms with Gasteiger partial charge in [0, 0.05) is 22.4 Å². The molecule has 0 aliphatic heterocycles. The summed E-state index contributed by atoms with van der Waals surface area (Å²) in [6, 6.07) is 5.48. The molecule has 0 aliphatic rings. The number of aryl methyl sites for hydroxylation is 1. The normalized spacial score (nSPS) is 12.4. The van der Waals surface area contributed by atoms with Gasteiger partial charge in [-0.3, -0.25) is 0 Å². The molecular weight excluding hydrogens is 281 g/mol. The highest BCUT2D eigenvalue weighted by atomic mass is 35.5. The fourth-order valence-electron chi connectivity index (χ4n) is 1.82. The standard InChI is InChI=1S/C14H15Cl2N3/c1-9-7-18-14(19-8-9)13(17-2)6-10-5-11(15)3-4-12(10)16/h3-5,7-8,13,17H,6H2,1-2H3. The van der Waals surface area contributed by atoms with E-state index >= 15 is 0 Å². The Morgan fingerprint density at radius 2 is 1.89 bits per heavy atom. The van der Waals surface area contributed by atoms with Crippen LogP contribution in [0.5, 0.6) is 0 Å². The molecule has 0 amide bonds. The summed E-state index contributed by atoms with van der Waals surface area (Å²) in [6.45, 7) is 1.96. The molecule has 0 aliphatic carbocycles. The molecule has 19 heavy (non-hydrogen) atoms. The molecule has 100 valence electrons. The van der Waals surface area contributed by atoms with Crippen molar-refractivity contribution in [1.82, 2.24) is 15.3 Å². The lowest BCUT2D eigenvalue weighted by molar-refractivity contribution is 0.556. The van der Waals surface area contributed by atoms with E-state index in [1.165, 1.54) is 0 Å². The molecular formula is C14H15Cl2N3. The molecule has 1 N–H and O–H groups in total. The van der Waals surface area contributed by atoms with Crippen LogP contribution in [0.25, 0.3) is 0 Å². The molecule has 0 saturated carbocycles. The molecule has 0 fully saturated rings. The first-order chi connectivity index (χ1) is 9.10. The highest BCUT2D eigenvalue weighted by molar-refractivity contribution is 6.33. The number of nitrogens with one attached hydrogen (secondary N) is 1. The van der Waals surface area contributed by atoms with Crippen LogP contribution in [-0.4, -0.2) is 17.0 Å². The van der Waals surface area contributed by atoms with Crippen LogP contribution in [0.4, 0.5) is 0 Å². The number of hydrogen-bond acceptors (Lipinski definition) is 3. The number of nitrogens with zero attached hydrogens (tertiary/aromatic N) is 2. The molecule has 2 aromatic rings. The monoisotopic (exact) mass is 295 g/mol. The zero-order valence-corrected chi connectivity index (χ0v) is 12.3. The van der Waals surface area contributed by atoms with Gasteiger partial charge < -0.3 is 5.32 Å². The lowest BCUT2D eigenvalue weighted by Crippen LogP contribution is -2.21. The Balaban J connectivity index is 2.23. The molecule has 0 radical (unpaired) electrons. The first kappa shape index (κ1) is 14.3. The van der Waals surface area contributed by atoms with Gasteiger partial charge in [0.05, 0.1) is 6.04 Å². The summed E-state index contributed by atoms with van der Waals surface area (Å²) in [7, 11) is 1.88. The highest BCUT2D eigenvalue weighted by Crippen LogP contribution is 2.25. The van der Waals surface area contributed by atoms with Gasteiger partial charge >= 0.3 is 0 Å². The Morgan fingerprint density at radius 3 is 2.53 bits per heavy atom. The summed E-state index contributed by atoms with van der Waals surface area (Å²) >= 11 is 12.2. The Labute approximate surface area is 123 Å². The summed E-state index contributed by atoms with van der Waals surface area (Å²) < 4.78 is 0. The second-order valence-electron chi connectivity index (χ2n) is 4.40. The Kier molecular flexibility index (Phi) is 4.75. The van der Waals surface area contributed by atoms with Gasteiger partial charge in [-0.1, -0.05) is 23.2 Å². The van der Waals surface area contributed by atoms with Crippen LogP contribution in [0.3, 0.4) is 0 Å². The first-order valence-electron chi connectivity index (χ1n) is 6.00. The largest absolute Gasteiger partial charge is 0.310 e. The molecule has 1 unspecified atom stereocenters. The number of hydrogen-bond donors (Lipinski definition) is 1. The van der Waals surface area contributed by atoms with E-state index in [9.17, 15) is 0 Å². The molecule has 2 rings (SSSR count). The van der Waals surface area contributed by atoms with Crippen LogP contribution in [0.2, 0.25) is 10.0 Å². The van der Waals surface area contributed by atoms with Gasteiger partial charge in [0.15, 0.2) is 0 Å².